The number of anilines is 1. The summed E-state index contributed by atoms with van der Waals surface area (Å²) in [5, 5.41) is 5.44. The number of fused-ring (bicyclic) bond motifs is 1. The van der Waals surface area contributed by atoms with Gasteiger partial charge in [0.15, 0.2) is 6.61 Å². The monoisotopic (exact) mass is 454 g/mol. The van der Waals surface area contributed by atoms with Crippen molar-refractivity contribution in [3.8, 4) is 5.75 Å². The second-order valence-electron chi connectivity index (χ2n) is 6.69. The fourth-order valence-corrected chi connectivity index (χ4v) is 2.81. The lowest BCUT2D eigenvalue weighted by Gasteiger charge is -2.10. The van der Waals surface area contributed by atoms with Gasteiger partial charge >= 0.3 is 17.7 Å². The highest BCUT2D eigenvalue weighted by Crippen LogP contribution is 2.22. The number of carbonyl (C=O) groups is 3. The van der Waals surface area contributed by atoms with Gasteiger partial charge in [-0.3, -0.25) is 14.9 Å². The van der Waals surface area contributed by atoms with E-state index in [2.05, 4.69) is 10.6 Å². The van der Waals surface area contributed by atoms with Crippen molar-refractivity contribution in [2.45, 2.75) is 13.5 Å². The number of ether oxygens (including phenoxy) is 3. The number of nitrogens with one attached hydrogen (secondary N) is 2. The van der Waals surface area contributed by atoms with Gasteiger partial charge in [0.1, 0.15) is 24.5 Å². The zero-order valence-corrected chi connectivity index (χ0v) is 17.8. The van der Waals surface area contributed by atoms with Crippen LogP contribution in [0, 0.1) is 0 Å². The van der Waals surface area contributed by atoms with Crippen molar-refractivity contribution in [2.24, 2.45) is 0 Å². The first-order chi connectivity index (χ1) is 15.9. The summed E-state index contributed by atoms with van der Waals surface area (Å²) in [6.07, 6.45) is -0.638. The van der Waals surface area contributed by atoms with Gasteiger partial charge in [-0.1, -0.05) is 18.2 Å². The number of benzene rings is 2. The van der Waals surface area contributed by atoms with Gasteiger partial charge in [-0.05, 0) is 31.2 Å². The Balaban J connectivity index is 1.54. The van der Waals surface area contributed by atoms with Crippen LogP contribution in [0.25, 0.3) is 11.0 Å². The smallest absolute Gasteiger partial charge is 0.411 e. The maximum absolute atomic E-state index is 12.0. The molecule has 0 saturated carbocycles. The highest BCUT2D eigenvalue weighted by molar-refractivity contribution is 5.90. The molecule has 2 N–H and O–H groups in total. The minimum absolute atomic E-state index is 0.203. The molecule has 172 valence electrons. The van der Waals surface area contributed by atoms with E-state index in [1.165, 1.54) is 12.1 Å². The van der Waals surface area contributed by atoms with Crippen LogP contribution in [-0.2, 0) is 25.7 Å². The lowest BCUT2D eigenvalue weighted by Crippen LogP contribution is -2.34. The largest absolute Gasteiger partial charge is 0.484 e. The highest BCUT2D eigenvalue weighted by atomic mass is 16.5. The average molecular weight is 454 g/mol. The number of amides is 2. The van der Waals surface area contributed by atoms with Crippen molar-refractivity contribution in [1.29, 1.82) is 0 Å². The van der Waals surface area contributed by atoms with E-state index in [1.807, 2.05) is 6.07 Å². The Morgan fingerprint density at radius 2 is 1.79 bits per heavy atom. The van der Waals surface area contributed by atoms with Crippen molar-refractivity contribution >= 4 is 34.6 Å². The van der Waals surface area contributed by atoms with Gasteiger partial charge in [0.25, 0.3) is 5.91 Å². The summed E-state index contributed by atoms with van der Waals surface area (Å²) >= 11 is 0. The van der Waals surface area contributed by atoms with E-state index in [1.54, 1.807) is 43.3 Å². The molecule has 0 bridgehead atoms. The molecular weight excluding hydrogens is 432 g/mol. The molecule has 2 amide bonds. The Labute approximate surface area is 188 Å². The molecule has 2 aromatic carbocycles. The zero-order chi connectivity index (χ0) is 23.6. The molecule has 0 spiro atoms. The third-order valence-corrected chi connectivity index (χ3v) is 4.28. The van der Waals surface area contributed by atoms with Gasteiger partial charge in [-0.2, -0.15) is 0 Å². The summed E-state index contributed by atoms with van der Waals surface area (Å²) in [7, 11) is 0. The third-order valence-electron chi connectivity index (χ3n) is 4.28. The molecule has 0 aliphatic heterocycles. The lowest BCUT2D eigenvalue weighted by molar-refractivity contribution is -0.145. The summed E-state index contributed by atoms with van der Waals surface area (Å²) in [5.41, 5.74) is 0.345. The minimum atomic E-state index is -0.690. The van der Waals surface area contributed by atoms with E-state index in [0.29, 0.717) is 22.4 Å². The van der Waals surface area contributed by atoms with Gasteiger partial charge in [0.05, 0.1) is 6.61 Å². The maximum atomic E-state index is 12.0. The van der Waals surface area contributed by atoms with Gasteiger partial charge in [-0.15, -0.1) is 0 Å². The van der Waals surface area contributed by atoms with E-state index in [-0.39, 0.29) is 31.9 Å². The molecule has 3 rings (SSSR count). The fourth-order valence-electron chi connectivity index (χ4n) is 2.81. The quantitative estimate of drug-likeness (QED) is 0.372. The van der Waals surface area contributed by atoms with E-state index < -0.39 is 23.6 Å². The number of carbonyl (C=O) groups excluding carboxylic acids is 3. The molecule has 1 aromatic heterocycles. The van der Waals surface area contributed by atoms with E-state index in [9.17, 15) is 19.2 Å². The van der Waals surface area contributed by atoms with Crippen LogP contribution in [0.1, 0.15) is 12.5 Å². The van der Waals surface area contributed by atoms with Crippen LogP contribution >= 0.6 is 0 Å². The maximum Gasteiger partial charge on any atom is 0.411 e. The minimum Gasteiger partial charge on any atom is -0.484 e. The molecule has 3 aromatic rings. The van der Waals surface area contributed by atoms with Crippen molar-refractivity contribution in [3.63, 3.8) is 0 Å². The van der Waals surface area contributed by atoms with Crippen LogP contribution in [0.2, 0.25) is 0 Å². The Bertz CT molecular complexity index is 1190. The Morgan fingerprint density at radius 3 is 2.55 bits per heavy atom. The highest BCUT2D eigenvalue weighted by Gasteiger charge is 2.12. The molecule has 10 heteroatoms. The third kappa shape index (κ3) is 7.10. The van der Waals surface area contributed by atoms with E-state index in [0.717, 1.165) is 0 Å². The average Bonchev–Trinajstić information content (AvgIpc) is 2.80. The zero-order valence-electron chi connectivity index (χ0n) is 17.8. The van der Waals surface area contributed by atoms with E-state index >= 15 is 0 Å². The Morgan fingerprint density at radius 1 is 1.00 bits per heavy atom. The van der Waals surface area contributed by atoms with Crippen LogP contribution in [0.15, 0.2) is 63.8 Å². The van der Waals surface area contributed by atoms with Crippen LogP contribution in [0.3, 0.4) is 0 Å². The van der Waals surface area contributed by atoms with Crippen LogP contribution < -0.4 is 21.0 Å². The molecule has 33 heavy (non-hydrogen) atoms. The van der Waals surface area contributed by atoms with Crippen molar-refractivity contribution < 1.29 is 33.0 Å². The van der Waals surface area contributed by atoms with Crippen molar-refractivity contribution in [1.82, 2.24) is 5.32 Å². The summed E-state index contributed by atoms with van der Waals surface area (Å²) in [6, 6.07) is 14.7. The van der Waals surface area contributed by atoms with E-state index in [4.69, 9.17) is 18.6 Å². The summed E-state index contributed by atoms with van der Waals surface area (Å²) in [5.74, 6) is -0.640. The Kier molecular flexibility index (Phi) is 8.01. The number of para-hydroxylation sites is 1. The first kappa shape index (κ1) is 23.3. The molecule has 0 radical (unpaired) electrons. The molecule has 0 saturated heterocycles. The molecule has 0 unspecified atom stereocenters. The second-order valence-corrected chi connectivity index (χ2v) is 6.69. The first-order valence-corrected chi connectivity index (χ1v) is 10.1. The number of esters is 1. The molecule has 0 aliphatic rings. The molecule has 1 heterocycles. The van der Waals surface area contributed by atoms with Gasteiger partial charge in [0.2, 0.25) is 0 Å². The predicted octanol–water partition coefficient (Wildman–Crippen LogP) is 2.60. The van der Waals surface area contributed by atoms with Crippen molar-refractivity contribution in [2.75, 3.05) is 25.1 Å². The molecular formula is C23H22N2O8. The molecule has 0 aliphatic carbocycles. The predicted molar refractivity (Wildman–Crippen MR) is 118 cm³/mol. The lowest BCUT2D eigenvalue weighted by atomic mass is 10.1. The Hall–Kier alpha value is -4.34. The molecule has 10 nitrogen and oxygen atoms in total. The van der Waals surface area contributed by atoms with Crippen LogP contribution in [0.5, 0.6) is 5.75 Å². The molecule has 0 fully saturated rings. The summed E-state index contributed by atoms with van der Waals surface area (Å²) in [4.78, 5) is 47.3. The SMILES string of the molecule is CCOC(=O)Nc1ccc2c(COC(=O)CNC(=O)COc3ccccc3)cc(=O)oc2c1. The summed E-state index contributed by atoms with van der Waals surface area (Å²) in [6.45, 7) is 1.08. The number of rotatable bonds is 9. The standard InChI is InChI=1S/C23H22N2O8/c1-2-30-23(29)25-16-8-9-18-15(10-21(27)33-19(18)11-16)13-32-22(28)12-24-20(26)14-31-17-6-4-3-5-7-17/h3-11H,2,12-14H2,1H3,(H,24,26)(H,25,29). The van der Waals surface area contributed by atoms with Gasteiger partial charge in [-0.25, -0.2) is 9.59 Å². The van der Waals surface area contributed by atoms with Crippen LogP contribution in [-0.4, -0.2) is 37.7 Å². The second kappa shape index (κ2) is 11.3. The topological polar surface area (TPSA) is 133 Å². The van der Waals surface area contributed by atoms with Crippen LogP contribution in [0.4, 0.5) is 10.5 Å². The van der Waals surface area contributed by atoms with Gasteiger partial charge < -0.3 is 23.9 Å². The van der Waals surface area contributed by atoms with Gasteiger partial charge in [0, 0.05) is 28.8 Å². The van der Waals surface area contributed by atoms with Crippen molar-refractivity contribution in [3.05, 3.63) is 70.6 Å². The number of hydrogen-bond donors (Lipinski definition) is 2. The number of hydrogen-bond acceptors (Lipinski definition) is 8. The normalized spacial score (nSPS) is 10.3. The molecule has 0 atom stereocenters. The summed E-state index contributed by atoms with van der Waals surface area (Å²) < 4.78 is 20.4. The fraction of sp³-hybridized carbons (Fsp3) is 0.217. The first-order valence-electron chi connectivity index (χ1n) is 10.1.